The molecule has 1 aromatic heterocycles. The van der Waals surface area contributed by atoms with E-state index in [1.165, 1.54) is 12.3 Å². The zero-order chi connectivity index (χ0) is 16.1. The first-order chi connectivity index (χ1) is 10.5. The zero-order valence-corrected chi connectivity index (χ0v) is 12.2. The molecular weight excluding hydrogens is 287 g/mol. The predicted octanol–water partition coefficient (Wildman–Crippen LogP) is 2.75. The van der Waals surface area contributed by atoms with Crippen LogP contribution in [0.25, 0.3) is 10.9 Å². The summed E-state index contributed by atoms with van der Waals surface area (Å²) in [5, 5.41) is 12.1. The molecular formula is C16H17FN2O3. The fourth-order valence-corrected chi connectivity index (χ4v) is 2.23. The van der Waals surface area contributed by atoms with Gasteiger partial charge in [0.25, 0.3) is 5.91 Å². The lowest BCUT2D eigenvalue weighted by Gasteiger charge is -2.15. The Morgan fingerprint density at radius 3 is 2.86 bits per heavy atom. The number of fused-ring (bicyclic) bond motifs is 1. The second kappa shape index (κ2) is 6.98. The molecule has 5 nitrogen and oxygen atoms in total. The highest BCUT2D eigenvalue weighted by Crippen LogP contribution is 2.18. The number of carboxylic acid groups (broad SMARTS) is 1. The van der Waals surface area contributed by atoms with Gasteiger partial charge in [-0.05, 0) is 24.6 Å². The van der Waals surface area contributed by atoms with Crippen molar-refractivity contribution in [3.8, 4) is 0 Å². The summed E-state index contributed by atoms with van der Waals surface area (Å²) in [7, 11) is 0. The van der Waals surface area contributed by atoms with Crippen molar-refractivity contribution < 1.29 is 19.1 Å². The Kier molecular flexibility index (Phi) is 5.04. The number of benzene rings is 1. The third-order valence-electron chi connectivity index (χ3n) is 3.36. The van der Waals surface area contributed by atoms with Crippen molar-refractivity contribution in [1.82, 2.24) is 10.3 Å². The SMILES string of the molecule is CCCC[C@H](NC(=O)c1cc(F)cc2cccnc12)C(=O)O. The number of aromatic nitrogens is 1. The molecule has 1 heterocycles. The second-order valence-corrected chi connectivity index (χ2v) is 5.03. The summed E-state index contributed by atoms with van der Waals surface area (Å²) in [5.41, 5.74) is 0.388. The van der Waals surface area contributed by atoms with Gasteiger partial charge in [0.05, 0.1) is 11.1 Å². The molecule has 22 heavy (non-hydrogen) atoms. The van der Waals surface area contributed by atoms with E-state index in [4.69, 9.17) is 5.11 Å². The summed E-state index contributed by atoms with van der Waals surface area (Å²) in [6.45, 7) is 1.94. The van der Waals surface area contributed by atoms with Crippen LogP contribution in [-0.4, -0.2) is 28.0 Å². The lowest BCUT2D eigenvalue weighted by atomic mass is 10.1. The number of pyridine rings is 1. The molecule has 2 rings (SSSR count). The normalized spacial score (nSPS) is 12.1. The van der Waals surface area contributed by atoms with Crippen molar-refractivity contribution >= 4 is 22.8 Å². The average Bonchev–Trinajstić information content (AvgIpc) is 2.49. The zero-order valence-electron chi connectivity index (χ0n) is 12.2. The van der Waals surface area contributed by atoms with Gasteiger partial charge < -0.3 is 10.4 Å². The van der Waals surface area contributed by atoms with Crippen LogP contribution in [0.1, 0.15) is 36.5 Å². The third kappa shape index (κ3) is 3.58. The Balaban J connectivity index is 2.30. The fraction of sp³-hybridized carbons (Fsp3) is 0.312. The maximum absolute atomic E-state index is 13.6. The minimum Gasteiger partial charge on any atom is -0.480 e. The van der Waals surface area contributed by atoms with Crippen LogP contribution in [0.2, 0.25) is 0 Å². The number of hydrogen-bond acceptors (Lipinski definition) is 3. The molecule has 0 radical (unpaired) electrons. The van der Waals surface area contributed by atoms with Crippen LogP contribution in [0, 0.1) is 5.82 Å². The number of carbonyl (C=O) groups is 2. The molecule has 2 N–H and O–H groups in total. The van der Waals surface area contributed by atoms with Gasteiger partial charge in [-0.25, -0.2) is 9.18 Å². The third-order valence-corrected chi connectivity index (χ3v) is 3.36. The summed E-state index contributed by atoms with van der Waals surface area (Å²) in [5.74, 6) is -2.30. The van der Waals surface area contributed by atoms with E-state index in [0.29, 0.717) is 23.7 Å². The maximum atomic E-state index is 13.6. The van der Waals surface area contributed by atoms with Gasteiger partial charge in [-0.15, -0.1) is 0 Å². The van der Waals surface area contributed by atoms with Crippen molar-refractivity contribution in [1.29, 1.82) is 0 Å². The summed E-state index contributed by atoms with van der Waals surface area (Å²) in [6.07, 6.45) is 3.34. The standard InChI is InChI=1S/C16H17FN2O3/c1-2-3-6-13(16(21)22)19-15(20)12-9-11(17)8-10-5-4-7-18-14(10)12/h4-5,7-9,13H,2-3,6H2,1H3,(H,19,20)(H,21,22)/t13-/m0/s1. The highest BCUT2D eigenvalue weighted by atomic mass is 19.1. The minimum absolute atomic E-state index is 0.0401. The largest absolute Gasteiger partial charge is 0.480 e. The molecule has 116 valence electrons. The van der Waals surface area contributed by atoms with Crippen LogP contribution >= 0.6 is 0 Å². The van der Waals surface area contributed by atoms with Crippen LogP contribution in [-0.2, 0) is 4.79 Å². The number of nitrogens with zero attached hydrogens (tertiary/aromatic N) is 1. The van der Waals surface area contributed by atoms with Crippen LogP contribution in [0.5, 0.6) is 0 Å². The van der Waals surface area contributed by atoms with Crippen LogP contribution < -0.4 is 5.32 Å². The first-order valence-electron chi connectivity index (χ1n) is 7.11. The molecule has 1 aromatic carbocycles. The van der Waals surface area contributed by atoms with Gasteiger partial charge >= 0.3 is 5.97 Å². The van der Waals surface area contributed by atoms with Gasteiger partial charge in [0.1, 0.15) is 11.9 Å². The van der Waals surface area contributed by atoms with Crippen LogP contribution in [0.3, 0.4) is 0 Å². The van der Waals surface area contributed by atoms with E-state index in [1.807, 2.05) is 6.92 Å². The number of amides is 1. The van der Waals surface area contributed by atoms with Gasteiger partial charge in [-0.1, -0.05) is 25.8 Å². The van der Waals surface area contributed by atoms with Crippen molar-refractivity contribution in [2.45, 2.75) is 32.2 Å². The predicted molar refractivity (Wildman–Crippen MR) is 80.1 cm³/mol. The number of aliphatic carboxylic acids is 1. The van der Waals surface area contributed by atoms with Gasteiger partial charge in [0.2, 0.25) is 0 Å². The van der Waals surface area contributed by atoms with E-state index in [9.17, 15) is 14.0 Å². The van der Waals surface area contributed by atoms with E-state index in [2.05, 4.69) is 10.3 Å². The second-order valence-electron chi connectivity index (χ2n) is 5.03. The molecule has 0 unspecified atom stereocenters. The Morgan fingerprint density at radius 2 is 2.18 bits per heavy atom. The molecule has 1 amide bonds. The Bertz CT molecular complexity index is 703. The molecule has 0 aliphatic rings. The van der Waals surface area contributed by atoms with Crippen LogP contribution in [0.4, 0.5) is 4.39 Å². The molecule has 1 atom stereocenters. The molecule has 0 aliphatic heterocycles. The Morgan fingerprint density at radius 1 is 1.41 bits per heavy atom. The number of unbranched alkanes of at least 4 members (excludes halogenated alkanes) is 1. The highest BCUT2D eigenvalue weighted by Gasteiger charge is 2.22. The van der Waals surface area contributed by atoms with Gasteiger partial charge in [-0.2, -0.15) is 0 Å². The average molecular weight is 304 g/mol. The lowest BCUT2D eigenvalue weighted by molar-refractivity contribution is -0.139. The molecule has 0 aliphatic carbocycles. The first kappa shape index (κ1) is 15.9. The number of carbonyl (C=O) groups excluding carboxylic acids is 1. The molecule has 0 bridgehead atoms. The summed E-state index contributed by atoms with van der Waals surface area (Å²) in [6, 6.07) is 4.65. The molecule has 0 saturated carbocycles. The van der Waals surface area contributed by atoms with Crippen LogP contribution in [0.15, 0.2) is 30.5 Å². The van der Waals surface area contributed by atoms with Gasteiger partial charge in [0.15, 0.2) is 0 Å². The first-order valence-corrected chi connectivity index (χ1v) is 7.11. The minimum atomic E-state index is -1.10. The molecule has 6 heteroatoms. The van der Waals surface area contributed by atoms with Crippen molar-refractivity contribution in [2.75, 3.05) is 0 Å². The topological polar surface area (TPSA) is 79.3 Å². The summed E-state index contributed by atoms with van der Waals surface area (Å²) < 4.78 is 13.6. The van der Waals surface area contributed by atoms with Crippen molar-refractivity contribution in [2.24, 2.45) is 0 Å². The number of nitrogens with one attached hydrogen (secondary N) is 1. The van der Waals surface area contributed by atoms with Crippen molar-refractivity contribution in [3.63, 3.8) is 0 Å². The maximum Gasteiger partial charge on any atom is 0.326 e. The number of carboxylic acids is 1. The number of hydrogen-bond donors (Lipinski definition) is 2. The quantitative estimate of drug-likeness (QED) is 0.860. The summed E-state index contributed by atoms with van der Waals surface area (Å²) in [4.78, 5) is 27.6. The van der Waals surface area contributed by atoms with E-state index in [0.717, 1.165) is 12.5 Å². The van der Waals surface area contributed by atoms with E-state index in [-0.39, 0.29) is 5.56 Å². The highest BCUT2D eigenvalue weighted by molar-refractivity contribution is 6.06. The molecule has 0 saturated heterocycles. The molecule has 0 fully saturated rings. The molecule has 2 aromatic rings. The Hall–Kier alpha value is -2.50. The lowest BCUT2D eigenvalue weighted by Crippen LogP contribution is -2.40. The monoisotopic (exact) mass is 304 g/mol. The number of halogens is 1. The summed E-state index contributed by atoms with van der Waals surface area (Å²) >= 11 is 0. The van der Waals surface area contributed by atoms with Gasteiger partial charge in [0, 0.05) is 11.6 Å². The van der Waals surface area contributed by atoms with Crippen molar-refractivity contribution in [3.05, 3.63) is 41.8 Å². The fourth-order valence-electron chi connectivity index (χ4n) is 2.23. The van der Waals surface area contributed by atoms with Gasteiger partial charge in [-0.3, -0.25) is 9.78 Å². The van der Waals surface area contributed by atoms with E-state index in [1.54, 1.807) is 12.1 Å². The smallest absolute Gasteiger partial charge is 0.326 e. The Labute approximate surface area is 127 Å². The number of rotatable bonds is 6. The van der Waals surface area contributed by atoms with E-state index < -0.39 is 23.7 Å². The van der Waals surface area contributed by atoms with E-state index >= 15 is 0 Å². The molecule has 0 spiro atoms.